The molecule has 0 aliphatic carbocycles. The Morgan fingerprint density at radius 3 is 1.53 bits per heavy atom. The first-order valence-corrected chi connectivity index (χ1v) is 17.8. The number of aromatic nitrogens is 2. The molecule has 0 atom stereocenters. The Hall–Kier alpha value is -3.88. The summed E-state index contributed by atoms with van der Waals surface area (Å²) in [5.41, 5.74) is -2.98. The maximum atomic E-state index is 12.5. The van der Waals surface area contributed by atoms with Crippen LogP contribution in [0.5, 0.6) is 23.1 Å². The maximum absolute atomic E-state index is 12.5. The van der Waals surface area contributed by atoms with Crippen LogP contribution in [0.2, 0.25) is 0 Å². The fourth-order valence-corrected chi connectivity index (χ4v) is 5.97. The zero-order chi connectivity index (χ0) is 41.1. The number of aryl methyl sites for hydroxylation is 1. The molecule has 1 heterocycles. The molecule has 6 rings (SSSR count). The first kappa shape index (κ1) is 54.1. The largest absolute Gasteiger partial charge is 3.00 e. The third kappa shape index (κ3) is 12.6. The molecule has 0 bridgehead atoms. The minimum absolute atomic E-state index is 0. The van der Waals surface area contributed by atoms with Crippen molar-refractivity contribution in [3.05, 3.63) is 117 Å². The molecule has 22 nitrogen and oxygen atoms in total. The van der Waals surface area contributed by atoms with Gasteiger partial charge in [0.2, 0.25) is 0 Å². The van der Waals surface area contributed by atoms with Crippen molar-refractivity contribution in [2.24, 2.45) is 20.5 Å². The molecule has 0 aliphatic rings. The fourth-order valence-electron chi connectivity index (χ4n) is 4.78. The molecule has 0 amide bonds. The second-order valence-corrected chi connectivity index (χ2v) is 13.7. The van der Waals surface area contributed by atoms with Crippen molar-refractivity contribution in [2.45, 2.75) is 16.7 Å². The van der Waals surface area contributed by atoms with E-state index in [1.165, 1.54) is 13.0 Å². The van der Waals surface area contributed by atoms with Gasteiger partial charge in [0.05, 0.1) is 48.1 Å². The Labute approximate surface area is 415 Å². The van der Waals surface area contributed by atoms with Crippen LogP contribution in [0.4, 0.5) is 34.1 Å². The summed E-state index contributed by atoms with van der Waals surface area (Å²) in [6, 6.07) is 19.9. The number of nitro groups is 2. The first-order chi connectivity index (χ1) is 26.3. The van der Waals surface area contributed by atoms with Crippen LogP contribution in [0.1, 0.15) is 5.69 Å². The van der Waals surface area contributed by atoms with Crippen LogP contribution in [-0.2, 0) is 37.6 Å². The zero-order valence-corrected chi connectivity index (χ0v) is 40.1. The second kappa shape index (κ2) is 22.3. The summed E-state index contributed by atoms with van der Waals surface area (Å²) >= 11 is 0. The van der Waals surface area contributed by atoms with Gasteiger partial charge < -0.3 is 29.5 Å². The Morgan fingerprint density at radius 1 is 0.617 bits per heavy atom. The monoisotopic (exact) mass is 923 g/mol. The summed E-state index contributed by atoms with van der Waals surface area (Å²) in [7, 11) is -10.6. The molecule has 0 fully saturated rings. The van der Waals surface area contributed by atoms with Gasteiger partial charge in [0.1, 0.15) is 25.9 Å². The van der Waals surface area contributed by atoms with Crippen LogP contribution < -0.4 is 109 Å². The molecule has 60 heavy (non-hydrogen) atoms. The van der Waals surface area contributed by atoms with E-state index in [0.717, 1.165) is 4.68 Å². The quantitative estimate of drug-likeness (QED) is 0.0430. The number of non-ortho nitro benzene ring substituents is 2. The van der Waals surface area contributed by atoms with Crippen LogP contribution in [0.3, 0.4) is 0 Å². The average molecular weight is 924 g/mol. The van der Waals surface area contributed by atoms with Gasteiger partial charge in [0.25, 0.3) is 11.4 Å². The number of rotatable bonds is 9. The first-order valence-electron chi connectivity index (χ1n) is 15.0. The van der Waals surface area contributed by atoms with Crippen molar-refractivity contribution in [2.75, 3.05) is 0 Å². The van der Waals surface area contributed by atoms with E-state index in [4.69, 9.17) is 0 Å². The normalized spacial score (nSPS) is 11.1. The van der Waals surface area contributed by atoms with Gasteiger partial charge in [-0.25, -0.2) is 21.5 Å². The summed E-state index contributed by atoms with van der Waals surface area (Å²) in [5.74, 6) is -3.90. The molecule has 6 aromatic rings. The molecule has 5 aromatic carbocycles. The smallest absolute Gasteiger partial charge is 0.871 e. The van der Waals surface area contributed by atoms with Gasteiger partial charge in [-0.05, 0) is 24.4 Å². The molecular formula is C32H18CrN8Na3O14S2. The molecule has 0 saturated heterocycles. The number of benzene rings is 5. The number of para-hydroxylation sites is 1. The third-order valence-electron chi connectivity index (χ3n) is 7.37. The minimum atomic E-state index is -5.29. The van der Waals surface area contributed by atoms with Crippen LogP contribution in [0.15, 0.2) is 121 Å². The van der Waals surface area contributed by atoms with Crippen molar-refractivity contribution in [1.82, 2.24) is 9.78 Å². The van der Waals surface area contributed by atoms with Gasteiger partial charge in [-0.15, -0.1) is 5.11 Å². The molecule has 28 heteroatoms. The van der Waals surface area contributed by atoms with E-state index in [0.29, 0.717) is 40.7 Å². The molecule has 0 spiro atoms. The van der Waals surface area contributed by atoms with E-state index in [2.05, 4.69) is 25.6 Å². The van der Waals surface area contributed by atoms with Gasteiger partial charge in [0.15, 0.2) is 0 Å². The maximum Gasteiger partial charge on any atom is 3.00 e. The predicted molar refractivity (Wildman–Crippen MR) is 181 cm³/mol. The second-order valence-electron chi connectivity index (χ2n) is 11.0. The summed E-state index contributed by atoms with van der Waals surface area (Å²) in [5, 5.41) is 90.1. The fraction of sp³-hybridized carbons (Fsp3) is 0.0312. The standard InChI is InChI=1S/C16H13N5O7S.C16H11N3O7S.Cr.3Na/c1-9-14(16(23)20(19-9)10-5-3-2-4-6-10)18-17-12-7-11(21(24)25)8-13(15(12)22)29(26,27)28;20-13-6-5-9-3-1-2-4-11(9)15(13)18-17-12-7-10(19(22)23)8-14(16(12)21)27(24,25)26;;;;/h2-8,22-23H,1H3,(H,26,27,28);1-8,20-21H,(H,24,25,26);;;;/q;;+3;3*+1/p-6. The van der Waals surface area contributed by atoms with E-state index in [-0.39, 0.29) is 123 Å². The van der Waals surface area contributed by atoms with Crippen LogP contribution in [0.25, 0.3) is 16.5 Å². The van der Waals surface area contributed by atoms with Gasteiger partial charge in [-0.2, -0.15) is 20.4 Å². The summed E-state index contributed by atoms with van der Waals surface area (Å²) in [6.45, 7) is 1.45. The van der Waals surface area contributed by atoms with Gasteiger partial charge in [-0.1, -0.05) is 71.8 Å². The number of hydrogen-bond donors (Lipinski definition) is 0. The van der Waals surface area contributed by atoms with E-state index in [9.17, 15) is 66.6 Å². The number of fused-ring (bicyclic) bond motifs is 1. The SMILES string of the molecule is Cc1nn(-c2ccccc2)c([O-])c1N=Nc1cc([N+](=O)[O-])cc(S(=O)(=O)[O-])c1[O-].O=[N+]([O-])c1cc(N=Nc2c([O-])ccc3ccccc23)c([O-])c(S(=O)(=O)[O-])c1.[Cr+3].[Na+].[Na+].[Na+]. The van der Waals surface area contributed by atoms with E-state index in [1.54, 1.807) is 60.7 Å². The van der Waals surface area contributed by atoms with Crippen LogP contribution in [-0.4, -0.2) is 45.6 Å². The number of nitro benzene ring substituents is 2. The van der Waals surface area contributed by atoms with Gasteiger partial charge in [0, 0.05) is 35.5 Å². The van der Waals surface area contributed by atoms with Gasteiger partial charge in [-0.3, -0.25) is 20.2 Å². The topological polar surface area (TPSA) is 360 Å². The summed E-state index contributed by atoms with van der Waals surface area (Å²) < 4.78 is 68.2. The third-order valence-corrected chi connectivity index (χ3v) is 9.05. The molecule has 0 saturated carbocycles. The molecule has 0 aliphatic heterocycles. The number of nitrogens with zero attached hydrogens (tertiary/aromatic N) is 8. The molecular weight excluding hydrogens is 905 g/mol. The Kier molecular flexibility index (Phi) is 20.1. The van der Waals surface area contributed by atoms with E-state index >= 15 is 0 Å². The number of azo groups is 2. The summed E-state index contributed by atoms with van der Waals surface area (Å²) in [6.07, 6.45) is 0. The Morgan fingerprint density at radius 2 is 1.07 bits per heavy atom. The van der Waals surface area contributed by atoms with Crippen molar-refractivity contribution >= 4 is 65.1 Å². The van der Waals surface area contributed by atoms with E-state index < -0.39 is 85.8 Å². The van der Waals surface area contributed by atoms with Crippen molar-refractivity contribution in [1.29, 1.82) is 0 Å². The Balaban J connectivity index is 0.000000564. The number of hydrogen-bond acceptors (Lipinski definition) is 19. The Bertz CT molecular complexity index is 2850. The predicted octanol–water partition coefficient (Wildman–Crippen LogP) is -5.22. The molecule has 291 valence electrons. The van der Waals surface area contributed by atoms with Crippen molar-refractivity contribution in [3.63, 3.8) is 0 Å². The summed E-state index contributed by atoms with van der Waals surface area (Å²) in [4.78, 5) is 17.3. The zero-order valence-electron chi connectivity index (χ0n) is 31.2. The van der Waals surface area contributed by atoms with E-state index in [1.807, 2.05) is 0 Å². The van der Waals surface area contributed by atoms with Crippen molar-refractivity contribution in [3.8, 4) is 28.8 Å². The molecule has 0 unspecified atom stereocenters. The van der Waals surface area contributed by atoms with Crippen molar-refractivity contribution < 1.29 is 162 Å². The van der Waals surface area contributed by atoms with Crippen LogP contribution in [0, 0.1) is 27.2 Å². The van der Waals surface area contributed by atoms with Crippen LogP contribution >= 0.6 is 0 Å². The van der Waals surface area contributed by atoms with Gasteiger partial charge >= 0.3 is 106 Å². The minimum Gasteiger partial charge on any atom is -0.871 e. The molecule has 1 aromatic heterocycles. The average Bonchev–Trinajstić information content (AvgIpc) is 3.42. The molecule has 1 radical (unpaired) electrons. The molecule has 0 N–H and O–H groups in total.